The fraction of sp³-hybridized carbons (Fsp3) is 0.607. The van der Waals surface area contributed by atoms with E-state index in [1.807, 2.05) is 34.7 Å². The molecule has 8 heteroatoms. The molecular weight excluding hydrogens is 454 g/mol. The van der Waals surface area contributed by atoms with Gasteiger partial charge in [-0.2, -0.15) is 5.10 Å². The Labute approximate surface area is 216 Å². The number of para-hydroxylation sites is 1. The first kappa shape index (κ1) is 27.7. The third-order valence-electron chi connectivity index (χ3n) is 6.80. The molecule has 0 radical (unpaired) electrons. The molecule has 0 spiro atoms. The highest BCUT2D eigenvalue weighted by atomic mass is 16.5. The standard InChI is InChI=1S/C28H43N5O3/c1-6-30-17-19-31(20-18-30)28-25(23(5)29-33(28)24-11-9-8-10-12-24)21-32(16-15-22(3)4)26(34)13-14-27(35)36-7-2/h8-12,22H,6-7,13-21H2,1-5H3. The monoisotopic (exact) mass is 497 g/mol. The van der Waals surface area contributed by atoms with Gasteiger partial charge in [-0.05, 0) is 44.9 Å². The maximum atomic E-state index is 13.3. The van der Waals surface area contributed by atoms with Crippen LogP contribution in [0.3, 0.4) is 0 Å². The van der Waals surface area contributed by atoms with Crippen LogP contribution in [0.15, 0.2) is 30.3 Å². The van der Waals surface area contributed by atoms with Gasteiger partial charge in [0, 0.05) is 44.7 Å². The van der Waals surface area contributed by atoms with Crippen molar-refractivity contribution in [3.63, 3.8) is 0 Å². The van der Waals surface area contributed by atoms with Gasteiger partial charge in [0.15, 0.2) is 0 Å². The fourth-order valence-electron chi connectivity index (χ4n) is 4.58. The van der Waals surface area contributed by atoms with Crippen molar-refractivity contribution in [2.24, 2.45) is 5.92 Å². The number of likely N-dealkylation sites (N-methyl/N-ethyl adjacent to an activating group) is 1. The summed E-state index contributed by atoms with van der Waals surface area (Å²) >= 11 is 0. The third-order valence-corrected chi connectivity index (χ3v) is 6.80. The Morgan fingerprint density at radius 1 is 1.06 bits per heavy atom. The number of amides is 1. The van der Waals surface area contributed by atoms with Crippen LogP contribution < -0.4 is 4.90 Å². The number of piperazine rings is 1. The van der Waals surface area contributed by atoms with E-state index in [0.29, 0.717) is 25.6 Å². The molecule has 0 saturated carbocycles. The summed E-state index contributed by atoms with van der Waals surface area (Å²) in [5.41, 5.74) is 3.03. The first-order valence-electron chi connectivity index (χ1n) is 13.4. The van der Waals surface area contributed by atoms with E-state index in [1.165, 1.54) is 0 Å². The zero-order chi connectivity index (χ0) is 26.1. The molecule has 2 aromatic rings. The number of aryl methyl sites for hydroxylation is 1. The van der Waals surface area contributed by atoms with E-state index in [-0.39, 0.29) is 24.7 Å². The number of ether oxygens (including phenoxy) is 1. The van der Waals surface area contributed by atoms with Crippen molar-refractivity contribution < 1.29 is 14.3 Å². The predicted octanol–water partition coefficient (Wildman–Crippen LogP) is 4.04. The van der Waals surface area contributed by atoms with Crippen LogP contribution in [-0.2, 0) is 20.9 Å². The van der Waals surface area contributed by atoms with E-state index in [4.69, 9.17) is 9.84 Å². The molecule has 0 N–H and O–H groups in total. The Hall–Kier alpha value is -2.87. The zero-order valence-electron chi connectivity index (χ0n) is 22.7. The van der Waals surface area contributed by atoms with Gasteiger partial charge < -0.3 is 19.4 Å². The lowest BCUT2D eigenvalue weighted by Crippen LogP contribution is -2.47. The maximum absolute atomic E-state index is 13.3. The van der Waals surface area contributed by atoms with Gasteiger partial charge in [-0.25, -0.2) is 4.68 Å². The van der Waals surface area contributed by atoms with Gasteiger partial charge in [0.05, 0.1) is 31.0 Å². The van der Waals surface area contributed by atoms with E-state index in [0.717, 1.165) is 61.9 Å². The molecule has 0 atom stereocenters. The lowest BCUT2D eigenvalue weighted by Gasteiger charge is -2.36. The maximum Gasteiger partial charge on any atom is 0.306 e. The number of anilines is 1. The van der Waals surface area contributed by atoms with Crippen molar-refractivity contribution in [1.29, 1.82) is 0 Å². The molecule has 0 unspecified atom stereocenters. The van der Waals surface area contributed by atoms with Gasteiger partial charge in [0.1, 0.15) is 5.82 Å². The molecule has 2 heterocycles. The van der Waals surface area contributed by atoms with Crippen LogP contribution in [0.5, 0.6) is 0 Å². The van der Waals surface area contributed by atoms with Gasteiger partial charge in [-0.15, -0.1) is 0 Å². The zero-order valence-corrected chi connectivity index (χ0v) is 22.7. The molecular formula is C28H43N5O3. The summed E-state index contributed by atoms with van der Waals surface area (Å²) in [6.07, 6.45) is 1.17. The molecule has 1 fully saturated rings. The lowest BCUT2D eigenvalue weighted by molar-refractivity contribution is -0.145. The van der Waals surface area contributed by atoms with Crippen molar-refractivity contribution in [2.45, 2.75) is 60.4 Å². The first-order chi connectivity index (χ1) is 17.3. The average molecular weight is 498 g/mol. The van der Waals surface area contributed by atoms with Crippen molar-refractivity contribution in [2.75, 3.05) is 50.8 Å². The summed E-state index contributed by atoms with van der Waals surface area (Å²) in [4.78, 5) is 32.0. The number of esters is 1. The number of nitrogens with zero attached hydrogens (tertiary/aromatic N) is 5. The average Bonchev–Trinajstić information content (AvgIpc) is 3.21. The Kier molecular flexibility index (Phi) is 10.3. The predicted molar refractivity (Wildman–Crippen MR) is 143 cm³/mol. The van der Waals surface area contributed by atoms with Crippen LogP contribution in [0.1, 0.15) is 58.2 Å². The van der Waals surface area contributed by atoms with Crippen LogP contribution >= 0.6 is 0 Å². The minimum atomic E-state index is -0.322. The molecule has 36 heavy (non-hydrogen) atoms. The summed E-state index contributed by atoms with van der Waals surface area (Å²) in [7, 11) is 0. The number of rotatable bonds is 12. The number of aromatic nitrogens is 2. The van der Waals surface area contributed by atoms with Gasteiger partial charge in [0.2, 0.25) is 5.91 Å². The molecule has 1 saturated heterocycles. The van der Waals surface area contributed by atoms with Gasteiger partial charge in [0.25, 0.3) is 0 Å². The summed E-state index contributed by atoms with van der Waals surface area (Å²) in [5, 5.41) is 4.95. The van der Waals surface area contributed by atoms with Crippen LogP contribution in [0.4, 0.5) is 5.82 Å². The molecule has 1 aliphatic rings. The SMILES string of the molecule is CCOC(=O)CCC(=O)N(CCC(C)C)Cc1c(C)nn(-c2ccccc2)c1N1CCN(CC)CC1. The molecule has 0 aliphatic carbocycles. The van der Waals surface area contributed by atoms with Crippen LogP contribution in [0, 0.1) is 12.8 Å². The summed E-state index contributed by atoms with van der Waals surface area (Å²) in [5.74, 6) is 1.21. The van der Waals surface area contributed by atoms with Gasteiger partial charge in [-0.1, -0.05) is 39.0 Å². The quantitative estimate of drug-likeness (QED) is 0.412. The lowest BCUT2D eigenvalue weighted by atomic mass is 10.1. The second kappa shape index (κ2) is 13.4. The van der Waals surface area contributed by atoms with E-state index in [1.54, 1.807) is 6.92 Å². The van der Waals surface area contributed by atoms with Crippen LogP contribution in [0.2, 0.25) is 0 Å². The third kappa shape index (κ3) is 7.32. The number of hydrogen-bond acceptors (Lipinski definition) is 6. The van der Waals surface area contributed by atoms with E-state index < -0.39 is 0 Å². The smallest absolute Gasteiger partial charge is 0.306 e. The largest absolute Gasteiger partial charge is 0.466 e. The number of carbonyl (C=O) groups is 2. The van der Waals surface area contributed by atoms with Crippen molar-refractivity contribution >= 4 is 17.7 Å². The highest BCUT2D eigenvalue weighted by molar-refractivity contribution is 5.81. The summed E-state index contributed by atoms with van der Waals surface area (Å²) in [6, 6.07) is 10.2. The summed E-state index contributed by atoms with van der Waals surface area (Å²) in [6.45, 7) is 16.7. The molecule has 0 bridgehead atoms. The number of benzene rings is 1. The molecule has 8 nitrogen and oxygen atoms in total. The van der Waals surface area contributed by atoms with Crippen molar-refractivity contribution in [3.05, 3.63) is 41.6 Å². The first-order valence-corrected chi connectivity index (χ1v) is 13.4. The van der Waals surface area contributed by atoms with Crippen LogP contribution in [-0.4, -0.2) is 77.3 Å². The normalized spacial score (nSPS) is 14.3. The minimum absolute atomic E-state index is 0.0164. The van der Waals surface area contributed by atoms with Crippen LogP contribution in [0.25, 0.3) is 5.69 Å². The Bertz CT molecular complexity index is 981. The van der Waals surface area contributed by atoms with E-state index in [2.05, 4.69) is 42.7 Å². The second-order valence-corrected chi connectivity index (χ2v) is 9.86. The Morgan fingerprint density at radius 2 is 1.75 bits per heavy atom. The molecule has 1 amide bonds. The van der Waals surface area contributed by atoms with Gasteiger partial charge >= 0.3 is 5.97 Å². The molecule has 3 rings (SSSR count). The minimum Gasteiger partial charge on any atom is -0.466 e. The number of carbonyl (C=O) groups excluding carboxylic acids is 2. The number of hydrogen-bond donors (Lipinski definition) is 0. The molecule has 1 aromatic heterocycles. The fourth-order valence-corrected chi connectivity index (χ4v) is 4.58. The van der Waals surface area contributed by atoms with Crippen molar-refractivity contribution in [3.8, 4) is 5.69 Å². The van der Waals surface area contributed by atoms with E-state index >= 15 is 0 Å². The topological polar surface area (TPSA) is 70.9 Å². The Morgan fingerprint density at radius 3 is 2.36 bits per heavy atom. The Balaban J connectivity index is 1.92. The highest BCUT2D eigenvalue weighted by Crippen LogP contribution is 2.30. The molecule has 198 valence electrons. The highest BCUT2D eigenvalue weighted by Gasteiger charge is 2.27. The molecule has 1 aliphatic heterocycles. The van der Waals surface area contributed by atoms with Crippen molar-refractivity contribution in [1.82, 2.24) is 19.6 Å². The van der Waals surface area contributed by atoms with Gasteiger partial charge in [-0.3, -0.25) is 9.59 Å². The molecule has 1 aromatic carbocycles. The summed E-state index contributed by atoms with van der Waals surface area (Å²) < 4.78 is 7.08. The second-order valence-electron chi connectivity index (χ2n) is 9.86. The van der Waals surface area contributed by atoms with E-state index in [9.17, 15) is 9.59 Å².